The van der Waals surface area contributed by atoms with Gasteiger partial charge in [-0.15, -0.1) is 0 Å². The molecular weight excluding hydrogens is 402 g/mol. The number of H-pyrrole nitrogens is 1. The number of halogens is 2. The van der Waals surface area contributed by atoms with Gasteiger partial charge >= 0.3 is 0 Å². The normalized spacial score (nSPS) is 14.2. The highest BCUT2D eigenvalue weighted by atomic mass is 19.1. The number of rotatable bonds is 7. The average Bonchev–Trinajstić information content (AvgIpc) is 2.77. The van der Waals surface area contributed by atoms with Gasteiger partial charge in [0.25, 0.3) is 5.56 Å². The van der Waals surface area contributed by atoms with Gasteiger partial charge in [-0.25, -0.2) is 13.8 Å². The summed E-state index contributed by atoms with van der Waals surface area (Å²) < 4.78 is 32.0. The van der Waals surface area contributed by atoms with E-state index in [1.54, 1.807) is 24.3 Å². The zero-order chi connectivity index (χ0) is 21.6. The zero-order valence-electron chi connectivity index (χ0n) is 17.1. The molecule has 8 heteroatoms. The first-order valence-electron chi connectivity index (χ1n) is 10.2. The van der Waals surface area contributed by atoms with Crippen LogP contribution in [0.5, 0.6) is 0 Å². The summed E-state index contributed by atoms with van der Waals surface area (Å²) in [5.41, 5.74) is 2.29. The maximum absolute atomic E-state index is 13.3. The first-order chi connectivity index (χ1) is 15.0. The van der Waals surface area contributed by atoms with Crippen LogP contribution in [0.25, 0.3) is 0 Å². The van der Waals surface area contributed by atoms with E-state index in [2.05, 4.69) is 14.9 Å². The molecule has 2 heterocycles. The van der Waals surface area contributed by atoms with E-state index in [1.165, 1.54) is 30.3 Å². The smallest absolute Gasteiger partial charge is 0.252 e. The minimum atomic E-state index is -0.291. The number of aromatic amines is 1. The highest BCUT2D eigenvalue weighted by Gasteiger charge is 2.16. The summed E-state index contributed by atoms with van der Waals surface area (Å²) in [4.78, 5) is 23.8. The Labute approximate surface area is 179 Å². The Bertz CT molecular complexity index is 1000. The second-order valence-corrected chi connectivity index (χ2v) is 7.56. The molecule has 1 saturated heterocycles. The molecule has 1 aliphatic rings. The van der Waals surface area contributed by atoms with Crippen LogP contribution in [0.3, 0.4) is 0 Å². The molecule has 0 radical (unpaired) electrons. The highest BCUT2D eigenvalue weighted by molar-refractivity contribution is 5.31. The van der Waals surface area contributed by atoms with Crippen molar-refractivity contribution >= 4 is 5.95 Å². The van der Waals surface area contributed by atoms with Gasteiger partial charge in [-0.2, -0.15) is 0 Å². The lowest BCUT2D eigenvalue weighted by Gasteiger charge is -2.28. The molecule has 2 aromatic carbocycles. The van der Waals surface area contributed by atoms with Gasteiger partial charge in [-0.1, -0.05) is 24.3 Å². The van der Waals surface area contributed by atoms with E-state index in [9.17, 15) is 13.6 Å². The van der Waals surface area contributed by atoms with Crippen molar-refractivity contribution in [2.24, 2.45) is 0 Å². The van der Waals surface area contributed by atoms with Crippen molar-refractivity contribution in [2.45, 2.75) is 19.6 Å². The summed E-state index contributed by atoms with van der Waals surface area (Å²) in [6, 6.07) is 14.1. The molecule has 1 aromatic heterocycles. The van der Waals surface area contributed by atoms with E-state index in [0.717, 1.165) is 11.1 Å². The quantitative estimate of drug-likeness (QED) is 0.629. The number of aromatic nitrogens is 2. The van der Waals surface area contributed by atoms with Crippen molar-refractivity contribution in [3.63, 3.8) is 0 Å². The largest absolute Gasteiger partial charge is 0.378 e. The molecule has 1 N–H and O–H groups in total. The van der Waals surface area contributed by atoms with Crippen molar-refractivity contribution in [1.82, 2.24) is 14.9 Å². The van der Waals surface area contributed by atoms with E-state index >= 15 is 0 Å². The third-order valence-corrected chi connectivity index (χ3v) is 5.12. The summed E-state index contributed by atoms with van der Waals surface area (Å²) in [5, 5.41) is 0. The number of benzene rings is 2. The second-order valence-electron chi connectivity index (χ2n) is 7.56. The van der Waals surface area contributed by atoms with Crippen LogP contribution in [0.15, 0.2) is 59.4 Å². The van der Waals surface area contributed by atoms with E-state index < -0.39 is 0 Å². The van der Waals surface area contributed by atoms with Gasteiger partial charge < -0.3 is 9.64 Å². The summed E-state index contributed by atoms with van der Waals surface area (Å²) >= 11 is 0. The molecule has 3 aromatic rings. The topological polar surface area (TPSA) is 61.5 Å². The van der Waals surface area contributed by atoms with Gasteiger partial charge in [0, 0.05) is 38.8 Å². The standard InChI is InChI=1S/C23H24F2N4O2/c24-19-5-1-17(2-6-19)14-28(15-18-3-7-20(25)8-4-18)16-21-13-22(30)27-23(26-21)29-9-11-31-12-10-29/h1-8,13H,9-12,14-16H2,(H,26,27,30). The Morgan fingerprint density at radius 1 is 0.903 bits per heavy atom. The molecule has 0 aliphatic carbocycles. The molecule has 0 spiro atoms. The number of hydrogen-bond acceptors (Lipinski definition) is 5. The van der Waals surface area contributed by atoms with Gasteiger partial charge in [-0.3, -0.25) is 14.7 Å². The lowest BCUT2D eigenvalue weighted by Crippen LogP contribution is -2.38. The van der Waals surface area contributed by atoms with E-state index in [4.69, 9.17) is 4.74 Å². The number of hydrogen-bond donors (Lipinski definition) is 1. The van der Waals surface area contributed by atoms with Crippen LogP contribution in [0.4, 0.5) is 14.7 Å². The van der Waals surface area contributed by atoms with Crippen molar-refractivity contribution < 1.29 is 13.5 Å². The van der Waals surface area contributed by atoms with Crippen molar-refractivity contribution in [3.05, 3.63) is 93.4 Å². The Morgan fingerprint density at radius 2 is 1.45 bits per heavy atom. The van der Waals surface area contributed by atoms with E-state index in [-0.39, 0.29) is 17.2 Å². The molecule has 4 rings (SSSR count). The molecule has 0 atom stereocenters. The van der Waals surface area contributed by atoms with Gasteiger partial charge in [0.1, 0.15) is 11.6 Å². The maximum atomic E-state index is 13.3. The minimum Gasteiger partial charge on any atom is -0.378 e. The Morgan fingerprint density at radius 3 is 2.00 bits per heavy atom. The van der Waals surface area contributed by atoms with Crippen LogP contribution < -0.4 is 10.5 Å². The van der Waals surface area contributed by atoms with E-state index in [0.29, 0.717) is 57.6 Å². The number of morpholine rings is 1. The van der Waals surface area contributed by atoms with Crippen molar-refractivity contribution in [1.29, 1.82) is 0 Å². The molecule has 0 unspecified atom stereocenters. The highest BCUT2D eigenvalue weighted by Crippen LogP contribution is 2.16. The fourth-order valence-electron chi connectivity index (χ4n) is 3.59. The third-order valence-electron chi connectivity index (χ3n) is 5.12. The molecule has 6 nitrogen and oxygen atoms in total. The fraction of sp³-hybridized carbons (Fsp3) is 0.304. The molecule has 0 saturated carbocycles. The number of nitrogens with zero attached hydrogens (tertiary/aromatic N) is 3. The van der Waals surface area contributed by atoms with Crippen LogP contribution in [0, 0.1) is 11.6 Å². The Hall–Kier alpha value is -3.10. The summed E-state index contributed by atoms with van der Waals surface area (Å²) in [7, 11) is 0. The van der Waals surface area contributed by atoms with Gasteiger partial charge in [0.15, 0.2) is 0 Å². The third kappa shape index (κ3) is 5.96. The first kappa shape index (κ1) is 21.1. The van der Waals surface area contributed by atoms with Crippen molar-refractivity contribution in [3.8, 4) is 0 Å². The minimum absolute atomic E-state index is 0.213. The van der Waals surface area contributed by atoms with E-state index in [1.807, 2.05) is 4.90 Å². The summed E-state index contributed by atoms with van der Waals surface area (Å²) in [5.74, 6) is -0.0465. The van der Waals surface area contributed by atoms with Gasteiger partial charge in [0.2, 0.25) is 5.95 Å². The Balaban J connectivity index is 1.56. The van der Waals surface area contributed by atoms with Gasteiger partial charge in [-0.05, 0) is 35.4 Å². The lowest BCUT2D eigenvalue weighted by molar-refractivity contribution is 0.122. The predicted molar refractivity (Wildman–Crippen MR) is 114 cm³/mol. The summed E-state index contributed by atoms with van der Waals surface area (Å²) in [6.45, 7) is 3.99. The SMILES string of the molecule is O=c1cc(CN(Cc2ccc(F)cc2)Cc2ccc(F)cc2)nc(N2CCOCC2)[nH]1. The lowest BCUT2D eigenvalue weighted by atomic mass is 10.1. The van der Waals surface area contributed by atoms with Crippen LogP contribution in [-0.4, -0.2) is 41.2 Å². The molecule has 1 fully saturated rings. The van der Waals surface area contributed by atoms with Crippen LogP contribution in [0.2, 0.25) is 0 Å². The predicted octanol–water partition coefficient (Wildman–Crippen LogP) is 3.09. The number of ether oxygens (including phenoxy) is 1. The average molecular weight is 426 g/mol. The monoisotopic (exact) mass is 426 g/mol. The second kappa shape index (κ2) is 9.80. The van der Waals surface area contributed by atoms with Crippen molar-refractivity contribution in [2.75, 3.05) is 31.2 Å². The zero-order valence-corrected chi connectivity index (χ0v) is 17.1. The molecule has 0 amide bonds. The maximum Gasteiger partial charge on any atom is 0.252 e. The Kier molecular flexibility index (Phi) is 6.69. The first-order valence-corrected chi connectivity index (χ1v) is 10.2. The molecular formula is C23H24F2N4O2. The van der Waals surface area contributed by atoms with Crippen LogP contribution in [0.1, 0.15) is 16.8 Å². The summed E-state index contributed by atoms with van der Waals surface area (Å²) in [6.07, 6.45) is 0. The molecule has 0 bridgehead atoms. The number of nitrogens with one attached hydrogen (secondary N) is 1. The molecule has 162 valence electrons. The number of anilines is 1. The fourth-order valence-corrected chi connectivity index (χ4v) is 3.59. The van der Waals surface area contributed by atoms with Gasteiger partial charge in [0.05, 0.1) is 18.9 Å². The molecule has 31 heavy (non-hydrogen) atoms. The molecule has 1 aliphatic heterocycles. The van der Waals surface area contributed by atoms with Crippen LogP contribution in [-0.2, 0) is 24.4 Å². The van der Waals surface area contributed by atoms with Crippen LogP contribution >= 0.6 is 0 Å².